The Kier molecular flexibility index (Phi) is 6.48. The van der Waals surface area contributed by atoms with Crippen LogP contribution in [0.25, 0.3) is 0 Å². The Labute approximate surface area is 187 Å². The number of hydrogen-bond donors (Lipinski definition) is 1. The average Bonchev–Trinajstić information content (AvgIpc) is 2.81. The van der Waals surface area contributed by atoms with Gasteiger partial charge in [-0.15, -0.1) is 0 Å². The molecule has 4 rings (SSSR count). The van der Waals surface area contributed by atoms with Gasteiger partial charge in [0.25, 0.3) is 5.91 Å². The molecule has 166 valence electrons. The fraction of sp³-hybridized carbons (Fsp3) is 0.261. The molecule has 0 unspecified atom stereocenters. The molecule has 2 heterocycles. The fourth-order valence-electron chi connectivity index (χ4n) is 3.52. The minimum atomic E-state index is -3.68. The first-order valence-corrected chi connectivity index (χ1v) is 11.8. The van der Waals surface area contributed by atoms with Gasteiger partial charge in [0.2, 0.25) is 10.0 Å². The van der Waals surface area contributed by atoms with Crippen molar-refractivity contribution >= 4 is 21.6 Å². The van der Waals surface area contributed by atoms with Crippen molar-refractivity contribution < 1.29 is 17.9 Å². The van der Waals surface area contributed by atoms with E-state index in [1.54, 1.807) is 12.1 Å². The number of rotatable bonds is 6. The smallest absolute Gasteiger partial charge is 0.275 e. The molecule has 9 heteroatoms. The van der Waals surface area contributed by atoms with Gasteiger partial charge in [-0.3, -0.25) is 9.78 Å². The minimum Gasteiger partial charge on any atom is -0.455 e. The van der Waals surface area contributed by atoms with E-state index in [1.807, 2.05) is 25.1 Å². The van der Waals surface area contributed by atoms with E-state index in [1.165, 1.54) is 35.0 Å². The van der Waals surface area contributed by atoms with Gasteiger partial charge in [0.1, 0.15) is 11.4 Å². The first-order chi connectivity index (χ1) is 15.4. The monoisotopic (exact) mass is 452 g/mol. The number of hydrogen-bond acceptors (Lipinski definition) is 6. The molecule has 1 fully saturated rings. The van der Waals surface area contributed by atoms with Crippen molar-refractivity contribution in [3.05, 3.63) is 72.3 Å². The third-order valence-corrected chi connectivity index (χ3v) is 7.06. The summed E-state index contributed by atoms with van der Waals surface area (Å²) in [6.45, 7) is 2.92. The third-order valence-electron chi connectivity index (χ3n) is 5.17. The van der Waals surface area contributed by atoms with Gasteiger partial charge in [0, 0.05) is 25.5 Å². The number of benzene rings is 2. The molecule has 0 atom stereocenters. The predicted molar refractivity (Wildman–Crippen MR) is 120 cm³/mol. The van der Waals surface area contributed by atoms with E-state index in [2.05, 4.69) is 15.3 Å². The van der Waals surface area contributed by atoms with Gasteiger partial charge in [0.05, 0.1) is 16.8 Å². The van der Waals surface area contributed by atoms with Crippen molar-refractivity contribution in [2.45, 2.75) is 31.1 Å². The van der Waals surface area contributed by atoms with Gasteiger partial charge < -0.3 is 10.1 Å². The number of sulfonamides is 1. The van der Waals surface area contributed by atoms with Gasteiger partial charge >= 0.3 is 0 Å². The molecule has 0 radical (unpaired) electrons. The predicted octanol–water partition coefficient (Wildman–Crippen LogP) is 4.00. The summed E-state index contributed by atoms with van der Waals surface area (Å²) in [5.41, 5.74) is 1.36. The Morgan fingerprint density at radius 3 is 2.59 bits per heavy atom. The maximum Gasteiger partial charge on any atom is 0.275 e. The summed E-state index contributed by atoms with van der Waals surface area (Å²) in [6, 6.07) is 11.9. The van der Waals surface area contributed by atoms with E-state index in [0.29, 0.717) is 24.6 Å². The van der Waals surface area contributed by atoms with Gasteiger partial charge in [-0.1, -0.05) is 18.6 Å². The zero-order chi connectivity index (χ0) is 22.6. The van der Waals surface area contributed by atoms with E-state index in [9.17, 15) is 13.2 Å². The lowest BCUT2D eigenvalue weighted by Crippen LogP contribution is -2.35. The summed E-state index contributed by atoms with van der Waals surface area (Å²) < 4.78 is 33.8. The van der Waals surface area contributed by atoms with E-state index >= 15 is 0 Å². The molecule has 0 aliphatic carbocycles. The lowest BCUT2D eigenvalue weighted by atomic mass is 10.2. The van der Waals surface area contributed by atoms with Crippen LogP contribution in [0.3, 0.4) is 0 Å². The molecule has 0 saturated carbocycles. The zero-order valence-corrected chi connectivity index (χ0v) is 18.5. The topological polar surface area (TPSA) is 101 Å². The number of piperidine rings is 1. The van der Waals surface area contributed by atoms with Crippen LogP contribution in [0.2, 0.25) is 0 Å². The van der Waals surface area contributed by atoms with Gasteiger partial charge in [-0.05, 0) is 55.7 Å². The number of nitrogens with one attached hydrogen (secondary N) is 1. The second kappa shape index (κ2) is 9.46. The normalized spacial score (nSPS) is 14.7. The molecule has 1 saturated heterocycles. The Morgan fingerprint density at radius 2 is 1.88 bits per heavy atom. The van der Waals surface area contributed by atoms with Crippen molar-refractivity contribution in [2.75, 3.05) is 18.4 Å². The molecule has 1 aliphatic heterocycles. The Balaban J connectivity index is 1.70. The first-order valence-electron chi connectivity index (χ1n) is 10.4. The zero-order valence-electron chi connectivity index (χ0n) is 17.7. The average molecular weight is 453 g/mol. The Morgan fingerprint density at radius 1 is 1.06 bits per heavy atom. The van der Waals surface area contributed by atoms with Crippen molar-refractivity contribution in [3.63, 3.8) is 0 Å². The second-order valence-corrected chi connectivity index (χ2v) is 9.52. The van der Waals surface area contributed by atoms with Crippen LogP contribution in [0.15, 0.2) is 66.0 Å². The standard InChI is InChI=1S/C23H24N4O4S/c1-17-6-5-7-18(14-17)31-22-9-8-19(32(29,30)27-12-3-2-4-13-27)15-20(22)26-23(28)21-16-24-10-11-25-21/h5-11,14-16H,2-4,12-13H2,1H3,(H,26,28). The molecule has 3 aromatic rings. The van der Waals surface area contributed by atoms with Crippen molar-refractivity contribution in [1.82, 2.24) is 14.3 Å². The van der Waals surface area contributed by atoms with Crippen LogP contribution in [0.5, 0.6) is 11.5 Å². The highest BCUT2D eigenvalue weighted by Crippen LogP contribution is 2.33. The van der Waals surface area contributed by atoms with E-state index in [0.717, 1.165) is 24.8 Å². The maximum absolute atomic E-state index is 13.2. The quantitative estimate of drug-likeness (QED) is 0.607. The van der Waals surface area contributed by atoms with Crippen LogP contribution in [-0.4, -0.2) is 41.7 Å². The molecule has 32 heavy (non-hydrogen) atoms. The fourth-order valence-corrected chi connectivity index (χ4v) is 5.06. The van der Waals surface area contributed by atoms with Crippen LogP contribution in [0.4, 0.5) is 5.69 Å². The van der Waals surface area contributed by atoms with Crippen LogP contribution < -0.4 is 10.1 Å². The molecular formula is C23H24N4O4S. The number of amides is 1. The van der Waals surface area contributed by atoms with Crippen LogP contribution >= 0.6 is 0 Å². The van der Waals surface area contributed by atoms with E-state index in [4.69, 9.17) is 4.74 Å². The summed E-state index contributed by atoms with van der Waals surface area (Å²) in [5, 5.41) is 2.73. The lowest BCUT2D eigenvalue weighted by Gasteiger charge is -2.26. The molecule has 1 aliphatic rings. The maximum atomic E-state index is 13.2. The largest absolute Gasteiger partial charge is 0.455 e. The van der Waals surface area contributed by atoms with Crippen molar-refractivity contribution in [1.29, 1.82) is 0 Å². The molecule has 2 aromatic carbocycles. The van der Waals surface area contributed by atoms with E-state index in [-0.39, 0.29) is 16.3 Å². The Bertz CT molecular complexity index is 1210. The number of carbonyl (C=O) groups is 1. The highest BCUT2D eigenvalue weighted by Gasteiger charge is 2.27. The molecule has 1 aromatic heterocycles. The van der Waals surface area contributed by atoms with Gasteiger partial charge in [-0.25, -0.2) is 13.4 Å². The SMILES string of the molecule is Cc1cccc(Oc2ccc(S(=O)(=O)N3CCCCC3)cc2NC(=O)c2cnccn2)c1. The van der Waals surface area contributed by atoms with Gasteiger partial charge in [0.15, 0.2) is 5.75 Å². The minimum absolute atomic E-state index is 0.102. The highest BCUT2D eigenvalue weighted by atomic mass is 32.2. The summed E-state index contributed by atoms with van der Waals surface area (Å²) in [7, 11) is -3.68. The number of ether oxygens (including phenoxy) is 1. The molecule has 1 amide bonds. The molecule has 0 spiro atoms. The third kappa shape index (κ3) is 4.95. The van der Waals surface area contributed by atoms with Crippen LogP contribution in [-0.2, 0) is 10.0 Å². The summed E-state index contributed by atoms with van der Waals surface area (Å²) >= 11 is 0. The van der Waals surface area contributed by atoms with Gasteiger partial charge in [-0.2, -0.15) is 4.31 Å². The number of anilines is 1. The summed E-state index contributed by atoms with van der Waals surface area (Å²) in [6.07, 6.45) is 6.92. The second-order valence-electron chi connectivity index (χ2n) is 7.59. The summed E-state index contributed by atoms with van der Waals surface area (Å²) in [4.78, 5) is 20.7. The first kappa shape index (κ1) is 21.9. The lowest BCUT2D eigenvalue weighted by molar-refractivity contribution is 0.102. The summed E-state index contributed by atoms with van der Waals surface area (Å²) in [5.74, 6) is 0.386. The Hall–Kier alpha value is -3.30. The van der Waals surface area contributed by atoms with Crippen LogP contribution in [0.1, 0.15) is 35.3 Å². The highest BCUT2D eigenvalue weighted by molar-refractivity contribution is 7.89. The number of aryl methyl sites for hydroxylation is 1. The number of carbonyl (C=O) groups excluding carboxylic acids is 1. The molecule has 0 bridgehead atoms. The van der Waals surface area contributed by atoms with E-state index < -0.39 is 15.9 Å². The van der Waals surface area contributed by atoms with Crippen LogP contribution in [0, 0.1) is 6.92 Å². The molecular weight excluding hydrogens is 428 g/mol. The molecule has 8 nitrogen and oxygen atoms in total. The van der Waals surface area contributed by atoms with Crippen molar-refractivity contribution in [3.8, 4) is 11.5 Å². The number of aromatic nitrogens is 2. The molecule has 1 N–H and O–H groups in total. The number of nitrogens with zero attached hydrogens (tertiary/aromatic N) is 3. The van der Waals surface area contributed by atoms with Crippen molar-refractivity contribution in [2.24, 2.45) is 0 Å².